The summed E-state index contributed by atoms with van der Waals surface area (Å²) in [6, 6.07) is 6.58. The predicted molar refractivity (Wildman–Crippen MR) is 65.3 cm³/mol. The molecule has 3 nitrogen and oxygen atoms in total. The molecule has 0 spiro atoms. The second kappa shape index (κ2) is 6.10. The lowest BCUT2D eigenvalue weighted by Crippen LogP contribution is -2.44. The molecule has 1 heterocycles. The molecule has 4 heteroatoms. The van der Waals surface area contributed by atoms with E-state index in [1.54, 1.807) is 12.1 Å². The maximum absolute atomic E-state index is 12.7. The van der Waals surface area contributed by atoms with Gasteiger partial charge < -0.3 is 15.0 Å². The normalized spacial score (nSPS) is 21.6. The van der Waals surface area contributed by atoms with Gasteiger partial charge in [0.1, 0.15) is 5.82 Å². The zero-order chi connectivity index (χ0) is 12.1. The van der Waals surface area contributed by atoms with E-state index in [1.165, 1.54) is 12.1 Å². The van der Waals surface area contributed by atoms with Crippen LogP contribution in [0.2, 0.25) is 0 Å². The fourth-order valence-electron chi connectivity index (χ4n) is 1.97. The Balaban J connectivity index is 1.70. The molecule has 0 bridgehead atoms. The van der Waals surface area contributed by atoms with E-state index in [0.29, 0.717) is 0 Å². The zero-order valence-corrected chi connectivity index (χ0v) is 10.2. The van der Waals surface area contributed by atoms with Gasteiger partial charge in [0.15, 0.2) is 0 Å². The molecule has 1 N–H and O–H groups in total. The van der Waals surface area contributed by atoms with Gasteiger partial charge in [0.2, 0.25) is 0 Å². The lowest BCUT2D eigenvalue weighted by molar-refractivity contribution is -0.0182. The Labute approximate surface area is 102 Å². The van der Waals surface area contributed by atoms with Crippen LogP contribution in [0.1, 0.15) is 5.56 Å². The molecule has 0 unspecified atom stereocenters. The first-order valence-electron chi connectivity index (χ1n) is 5.99. The van der Waals surface area contributed by atoms with Crippen LogP contribution >= 0.6 is 0 Å². The van der Waals surface area contributed by atoms with E-state index < -0.39 is 0 Å². The van der Waals surface area contributed by atoms with Crippen molar-refractivity contribution in [3.05, 3.63) is 35.6 Å². The SMILES string of the molecule is CN1CCO[C@H](CNCc2ccc(F)cc2)C1. The number of hydrogen-bond acceptors (Lipinski definition) is 3. The summed E-state index contributed by atoms with van der Waals surface area (Å²) in [4.78, 5) is 2.27. The molecule has 1 aliphatic rings. The van der Waals surface area contributed by atoms with E-state index in [-0.39, 0.29) is 11.9 Å². The minimum Gasteiger partial charge on any atom is -0.374 e. The Bertz CT molecular complexity index is 342. The number of hydrogen-bond donors (Lipinski definition) is 1. The van der Waals surface area contributed by atoms with Gasteiger partial charge >= 0.3 is 0 Å². The average molecular weight is 238 g/mol. The van der Waals surface area contributed by atoms with Crippen molar-refractivity contribution < 1.29 is 9.13 Å². The van der Waals surface area contributed by atoms with Gasteiger partial charge in [-0.25, -0.2) is 4.39 Å². The highest BCUT2D eigenvalue weighted by atomic mass is 19.1. The number of nitrogens with one attached hydrogen (secondary N) is 1. The summed E-state index contributed by atoms with van der Waals surface area (Å²) in [6.07, 6.45) is 0.259. The Morgan fingerprint density at radius 3 is 2.88 bits per heavy atom. The molecule has 1 saturated heterocycles. The highest BCUT2D eigenvalue weighted by Crippen LogP contribution is 2.04. The monoisotopic (exact) mass is 238 g/mol. The van der Waals surface area contributed by atoms with Gasteiger partial charge in [-0.2, -0.15) is 0 Å². The maximum Gasteiger partial charge on any atom is 0.123 e. The van der Waals surface area contributed by atoms with Crippen molar-refractivity contribution in [3.63, 3.8) is 0 Å². The Kier molecular flexibility index (Phi) is 4.48. The third-order valence-electron chi connectivity index (χ3n) is 2.96. The molecular formula is C13H19FN2O. The number of rotatable bonds is 4. The van der Waals surface area contributed by atoms with Crippen molar-refractivity contribution in [2.24, 2.45) is 0 Å². The summed E-state index contributed by atoms with van der Waals surface area (Å²) < 4.78 is 18.3. The van der Waals surface area contributed by atoms with Crippen molar-refractivity contribution in [2.45, 2.75) is 12.6 Å². The number of ether oxygens (including phenoxy) is 1. The van der Waals surface area contributed by atoms with Crippen LogP contribution in [0, 0.1) is 5.82 Å². The first-order chi connectivity index (χ1) is 8.24. The van der Waals surface area contributed by atoms with E-state index in [9.17, 15) is 4.39 Å². The molecule has 0 aromatic heterocycles. The summed E-state index contributed by atoms with van der Waals surface area (Å²) >= 11 is 0. The van der Waals surface area contributed by atoms with Crippen LogP contribution in [0.3, 0.4) is 0 Å². The van der Waals surface area contributed by atoms with Crippen LogP contribution in [0.25, 0.3) is 0 Å². The quantitative estimate of drug-likeness (QED) is 0.854. The second-order valence-corrected chi connectivity index (χ2v) is 4.51. The summed E-state index contributed by atoms with van der Waals surface area (Å²) in [5.41, 5.74) is 1.09. The van der Waals surface area contributed by atoms with Gasteiger partial charge in [-0.1, -0.05) is 12.1 Å². The molecule has 94 valence electrons. The molecule has 1 fully saturated rings. The van der Waals surface area contributed by atoms with Crippen molar-refractivity contribution in [3.8, 4) is 0 Å². The van der Waals surface area contributed by atoms with Crippen molar-refractivity contribution in [1.29, 1.82) is 0 Å². The third kappa shape index (κ3) is 4.07. The molecule has 1 atom stereocenters. The minimum atomic E-state index is -0.189. The van der Waals surface area contributed by atoms with Crippen LogP contribution < -0.4 is 5.32 Å². The number of likely N-dealkylation sites (N-methyl/N-ethyl adjacent to an activating group) is 1. The molecular weight excluding hydrogens is 219 g/mol. The van der Waals surface area contributed by atoms with E-state index in [4.69, 9.17) is 4.74 Å². The highest BCUT2D eigenvalue weighted by Gasteiger charge is 2.16. The van der Waals surface area contributed by atoms with Gasteiger partial charge in [0.05, 0.1) is 12.7 Å². The molecule has 2 rings (SSSR count). The van der Waals surface area contributed by atoms with E-state index in [1.807, 2.05) is 0 Å². The van der Waals surface area contributed by atoms with Gasteiger partial charge in [-0.15, -0.1) is 0 Å². The standard InChI is InChI=1S/C13H19FN2O/c1-16-6-7-17-13(10-16)9-15-8-11-2-4-12(14)5-3-11/h2-5,13,15H,6-10H2,1H3/t13-/m1/s1. The number of nitrogens with zero attached hydrogens (tertiary/aromatic N) is 1. The van der Waals surface area contributed by atoms with Gasteiger partial charge in [0.25, 0.3) is 0 Å². The summed E-state index contributed by atoms with van der Waals surface area (Å²) in [7, 11) is 2.11. The van der Waals surface area contributed by atoms with Crippen molar-refractivity contribution in [1.82, 2.24) is 10.2 Å². The fraction of sp³-hybridized carbons (Fsp3) is 0.538. The second-order valence-electron chi connectivity index (χ2n) is 4.51. The van der Waals surface area contributed by atoms with Gasteiger partial charge in [0, 0.05) is 26.2 Å². The smallest absolute Gasteiger partial charge is 0.123 e. The number of halogens is 1. The van der Waals surface area contributed by atoms with Crippen LogP contribution in [0.15, 0.2) is 24.3 Å². The Morgan fingerprint density at radius 2 is 2.18 bits per heavy atom. The van der Waals surface area contributed by atoms with Gasteiger partial charge in [-0.3, -0.25) is 0 Å². The lowest BCUT2D eigenvalue weighted by atomic mass is 10.2. The maximum atomic E-state index is 12.7. The van der Waals surface area contributed by atoms with Crippen molar-refractivity contribution >= 4 is 0 Å². The first-order valence-corrected chi connectivity index (χ1v) is 5.99. The minimum absolute atomic E-state index is 0.189. The van der Waals surface area contributed by atoms with E-state index in [2.05, 4.69) is 17.3 Å². The Hall–Kier alpha value is -0.970. The molecule has 0 amide bonds. The lowest BCUT2D eigenvalue weighted by Gasteiger charge is -2.30. The zero-order valence-electron chi connectivity index (χ0n) is 10.2. The van der Waals surface area contributed by atoms with Crippen LogP contribution in [0.5, 0.6) is 0 Å². The Morgan fingerprint density at radius 1 is 1.41 bits per heavy atom. The predicted octanol–water partition coefficient (Wildman–Crippen LogP) is 1.25. The number of benzene rings is 1. The summed E-state index contributed by atoms with van der Waals surface area (Å²) in [6.45, 7) is 4.37. The first kappa shape index (κ1) is 12.5. The van der Waals surface area contributed by atoms with Crippen LogP contribution in [-0.2, 0) is 11.3 Å². The third-order valence-corrected chi connectivity index (χ3v) is 2.96. The number of morpholine rings is 1. The molecule has 1 aromatic carbocycles. The molecule has 1 aliphatic heterocycles. The molecule has 17 heavy (non-hydrogen) atoms. The molecule has 0 radical (unpaired) electrons. The van der Waals surface area contributed by atoms with E-state index in [0.717, 1.165) is 38.3 Å². The topological polar surface area (TPSA) is 24.5 Å². The molecule has 0 saturated carbocycles. The summed E-state index contributed by atoms with van der Waals surface area (Å²) in [5, 5.41) is 3.34. The fourth-order valence-corrected chi connectivity index (χ4v) is 1.97. The van der Waals surface area contributed by atoms with Crippen molar-refractivity contribution in [2.75, 3.05) is 33.3 Å². The molecule has 0 aliphatic carbocycles. The highest BCUT2D eigenvalue weighted by molar-refractivity contribution is 5.15. The van der Waals surface area contributed by atoms with Crippen LogP contribution in [-0.4, -0.2) is 44.3 Å². The largest absolute Gasteiger partial charge is 0.374 e. The van der Waals surface area contributed by atoms with E-state index >= 15 is 0 Å². The average Bonchev–Trinajstić information content (AvgIpc) is 2.32. The summed E-state index contributed by atoms with van der Waals surface area (Å²) in [5.74, 6) is -0.189. The molecule has 1 aromatic rings. The van der Waals surface area contributed by atoms with Crippen LogP contribution in [0.4, 0.5) is 4.39 Å². The van der Waals surface area contributed by atoms with Gasteiger partial charge in [-0.05, 0) is 24.7 Å².